The summed E-state index contributed by atoms with van der Waals surface area (Å²) in [7, 11) is 1.61. The number of nitrogens with zero attached hydrogens (tertiary/aromatic N) is 1. The summed E-state index contributed by atoms with van der Waals surface area (Å²) in [6.07, 6.45) is 0.518. The molecule has 2 rings (SSSR count). The minimum absolute atomic E-state index is 0.259. The van der Waals surface area contributed by atoms with Gasteiger partial charge in [-0.15, -0.1) is 0 Å². The lowest BCUT2D eigenvalue weighted by Gasteiger charge is -2.09. The molecule has 1 aliphatic heterocycles. The fourth-order valence-corrected chi connectivity index (χ4v) is 1.61. The molecule has 1 heterocycles. The quantitative estimate of drug-likeness (QED) is 0.754. The number of nitrogens with two attached hydrogens (primary N) is 1. The van der Waals surface area contributed by atoms with E-state index in [1.54, 1.807) is 7.11 Å². The molecule has 1 unspecified atom stereocenters. The molecule has 0 bridgehead atoms. The lowest BCUT2D eigenvalue weighted by Crippen LogP contribution is -2.38. The van der Waals surface area contributed by atoms with Crippen molar-refractivity contribution in [3.8, 4) is 5.75 Å². The van der Waals surface area contributed by atoms with Gasteiger partial charge >= 0.3 is 0 Å². The van der Waals surface area contributed by atoms with Crippen LogP contribution in [0.3, 0.4) is 0 Å². The Kier molecular flexibility index (Phi) is 2.87. The van der Waals surface area contributed by atoms with E-state index in [4.69, 9.17) is 10.5 Å². The molecule has 5 nitrogen and oxygen atoms in total. The number of carbonyl (C=O) groups excluding carboxylic acids is 1. The molecule has 1 amide bonds. The lowest BCUT2D eigenvalue weighted by atomic mass is 10.0. The van der Waals surface area contributed by atoms with Crippen LogP contribution in [0.15, 0.2) is 29.4 Å². The second-order valence-electron chi connectivity index (χ2n) is 3.55. The summed E-state index contributed by atoms with van der Waals surface area (Å²) in [5.74, 6) is 0.515. The minimum atomic E-state index is -0.648. The first-order valence-electron chi connectivity index (χ1n) is 4.96. The molecule has 84 valence electrons. The van der Waals surface area contributed by atoms with Crippen LogP contribution < -0.4 is 15.9 Å². The van der Waals surface area contributed by atoms with Gasteiger partial charge in [0, 0.05) is 6.42 Å². The van der Waals surface area contributed by atoms with Crippen molar-refractivity contribution in [3.63, 3.8) is 0 Å². The topological polar surface area (TPSA) is 76.7 Å². The summed E-state index contributed by atoms with van der Waals surface area (Å²) in [6.45, 7) is 0. The zero-order valence-corrected chi connectivity index (χ0v) is 8.93. The maximum Gasteiger partial charge on any atom is 0.262 e. The second-order valence-corrected chi connectivity index (χ2v) is 3.55. The van der Waals surface area contributed by atoms with E-state index >= 15 is 0 Å². The van der Waals surface area contributed by atoms with Gasteiger partial charge in [0.1, 0.15) is 11.8 Å². The highest BCUT2D eigenvalue weighted by molar-refractivity contribution is 6.12. The summed E-state index contributed by atoms with van der Waals surface area (Å²) >= 11 is 0. The van der Waals surface area contributed by atoms with Crippen LogP contribution >= 0.6 is 0 Å². The Morgan fingerprint density at radius 3 is 2.88 bits per heavy atom. The SMILES string of the molecule is COc1ccccc1CC1=NNC(=O)C1N. The van der Waals surface area contributed by atoms with Gasteiger partial charge in [-0.05, 0) is 11.6 Å². The number of hydrogen-bond acceptors (Lipinski definition) is 4. The molecule has 3 N–H and O–H groups in total. The number of benzene rings is 1. The summed E-state index contributed by atoms with van der Waals surface area (Å²) < 4.78 is 5.22. The van der Waals surface area contributed by atoms with E-state index in [0.717, 1.165) is 11.3 Å². The Hall–Kier alpha value is -1.88. The second kappa shape index (κ2) is 4.32. The highest BCUT2D eigenvalue weighted by Gasteiger charge is 2.26. The number of hydrogen-bond donors (Lipinski definition) is 2. The molecule has 1 aromatic rings. The van der Waals surface area contributed by atoms with Crippen molar-refractivity contribution in [2.45, 2.75) is 12.5 Å². The van der Waals surface area contributed by atoms with Gasteiger partial charge in [-0.25, -0.2) is 5.43 Å². The minimum Gasteiger partial charge on any atom is -0.496 e. The number of amides is 1. The molecule has 0 fully saturated rings. The van der Waals surface area contributed by atoms with Gasteiger partial charge in [0.15, 0.2) is 0 Å². The van der Waals surface area contributed by atoms with Crippen molar-refractivity contribution in [2.75, 3.05) is 7.11 Å². The molecule has 1 aromatic carbocycles. The van der Waals surface area contributed by atoms with E-state index in [9.17, 15) is 4.79 Å². The predicted octanol–water partition coefficient (Wildman–Crippen LogP) is 0.0508. The Morgan fingerprint density at radius 1 is 1.50 bits per heavy atom. The van der Waals surface area contributed by atoms with E-state index in [1.165, 1.54) is 0 Å². The van der Waals surface area contributed by atoms with Crippen molar-refractivity contribution >= 4 is 11.6 Å². The molecular formula is C11H13N3O2. The zero-order chi connectivity index (χ0) is 11.5. The number of methoxy groups -OCH3 is 1. The van der Waals surface area contributed by atoms with Crippen molar-refractivity contribution in [3.05, 3.63) is 29.8 Å². The van der Waals surface area contributed by atoms with Gasteiger partial charge in [-0.1, -0.05) is 18.2 Å². The first-order chi connectivity index (χ1) is 7.72. The third-order valence-electron chi connectivity index (χ3n) is 2.52. The normalized spacial score (nSPS) is 19.2. The van der Waals surface area contributed by atoms with E-state index in [-0.39, 0.29) is 5.91 Å². The molecule has 0 spiro atoms. The maximum atomic E-state index is 11.1. The van der Waals surface area contributed by atoms with Gasteiger partial charge in [0.25, 0.3) is 5.91 Å². The van der Waals surface area contributed by atoms with Crippen molar-refractivity contribution in [2.24, 2.45) is 10.8 Å². The fourth-order valence-electron chi connectivity index (χ4n) is 1.61. The molecule has 0 aromatic heterocycles. The Bertz CT molecular complexity index is 443. The summed E-state index contributed by atoms with van der Waals surface area (Å²) in [5.41, 5.74) is 9.64. The molecule has 0 radical (unpaired) electrons. The van der Waals surface area contributed by atoms with Gasteiger partial charge < -0.3 is 10.5 Å². The summed E-state index contributed by atoms with van der Waals surface area (Å²) in [4.78, 5) is 11.1. The molecule has 1 aliphatic rings. The highest BCUT2D eigenvalue weighted by atomic mass is 16.5. The number of ether oxygens (including phenoxy) is 1. The third-order valence-corrected chi connectivity index (χ3v) is 2.52. The third kappa shape index (κ3) is 1.90. The molecule has 0 saturated carbocycles. The van der Waals surface area contributed by atoms with Gasteiger partial charge in [-0.2, -0.15) is 5.10 Å². The number of para-hydroxylation sites is 1. The predicted molar refractivity (Wildman–Crippen MR) is 60.3 cm³/mol. The summed E-state index contributed by atoms with van der Waals surface area (Å²) in [5, 5.41) is 3.90. The van der Waals surface area contributed by atoms with E-state index in [1.807, 2.05) is 24.3 Å². The fraction of sp³-hybridized carbons (Fsp3) is 0.273. The zero-order valence-electron chi connectivity index (χ0n) is 8.93. The largest absolute Gasteiger partial charge is 0.496 e. The van der Waals surface area contributed by atoms with E-state index in [0.29, 0.717) is 12.1 Å². The van der Waals surface area contributed by atoms with Crippen molar-refractivity contribution < 1.29 is 9.53 Å². The van der Waals surface area contributed by atoms with Crippen LogP contribution in [0, 0.1) is 0 Å². The maximum absolute atomic E-state index is 11.1. The summed E-state index contributed by atoms with van der Waals surface area (Å²) in [6, 6.07) is 6.95. The van der Waals surface area contributed by atoms with Crippen LogP contribution in [0.4, 0.5) is 0 Å². The smallest absolute Gasteiger partial charge is 0.262 e. The number of carbonyl (C=O) groups is 1. The van der Waals surface area contributed by atoms with Crippen LogP contribution in [0.2, 0.25) is 0 Å². The van der Waals surface area contributed by atoms with Crippen molar-refractivity contribution in [1.29, 1.82) is 0 Å². The molecule has 16 heavy (non-hydrogen) atoms. The average Bonchev–Trinajstić information content (AvgIpc) is 2.62. The van der Waals surface area contributed by atoms with E-state index < -0.39 is 6.04 Å². The highest BCUT2D eigenvalue weighted by Crippen LogP contribution is 2.19. The first kappa shape index (κ1) is 10.6. The van der Waals surface area contributed by atoms with Gasteiger partial charge in [0.05, 0.1) is 12.8 Å². The Labute approximate surface area is 93.3 Å². The van der Waals surface area contributed by atoms with Gasteiger partial charge in [0.2, 0.25) is 0 Å². The molecule has 0 saturated heterocycles. The Morgan fingerprint density at radius 2 is 2.25 bits per heavy atom. The number of hydrazone groups is 1. The number of nitrogens with one attached hydrogen (secondary N) is 1. The Balaban J connectivity index is 2.18. The van der Waals surface area contributed by atoms with E-state index in [2.05, 4.69) is 10.5 Å². The van der Waals surface area contributed by atoms with Crippen LogP contribution in [0.25, 0.3) is 0 Å². The van der Waals surface area contributed by atoms with Crippen LogP contribution in [-0.2, 0) is 11.2 Å². The number of rotatable bonds is 3. The van der Waals surface area contributed by atoms with Gasteiger partial charge in [-0.3, -0.25) is 4.79 Å². The molecular weight excluding hydrogens is 206 g/mol. The molecule has 0 aliphatic carbocycles. The standard InChI is InChI=1S/C11H13N3O2/c1-16-9-5-3-2-4-7(9)6-8-10(12)11(15)14-13-8/h2-5,10H,6,12H2,1H3,(H,14,15). The van der Waals surface area contributed by atoms with Crippen LogP contribution in [0.1, 0.15) is 5.56 Å². The van der Waals surface area contributed by atoms with Crippen LogP contribution in [-0.4, -0.2) is 24.8 Å². The van der Waals surface area contributed by atoms with Crippen LogP contribution in [0.5, 0.6) is 5.75 Å². The average molecular weight is 219 g/mol. The molecule has 5 heteroatoms. The molecule has 1 atom stereocenters. The monoisotopic (exact) mass is 219 g/mol. The van der Waals surface area contributed by atoms with Crippen molar-refractivity contribution in [1.82, 2.24) is 5.43 Å². The lowest BCUT2D eigenvalue weighted by molar-refractivity contribution is -0.120. The first-order valence-corrected chi connectivity index (χ1v) is 4.96.